The molecule has 0 saturated heterocycles. The molecule has 1 N–H and O–H groups in total. The zero-order chi connectivity index (χ0) is 20.8. The molecule has 0 spiro atoms. The van der Waals surface area contributed by atoms with Crippen LogP contribution in [-0.4, -0.2) is 29.9 Å². The van der Waals surface area contributed by atoms with Gasteiger partial charge in [0.1, 0.15) is 5.75 Å². The monoisotopic (exact) mass is 403 g/mol. The van der Waals surface area contributed by atoms with Crippen LogP contribution in [0.3, 0.4) is 0 Å². The number of carbonyl (C=O) groups is 3. The molecule has 0 radical (unpaired) electrons. The van der Waals surface area contributed by atoms with Crippen molar-refractivity contribution in [1.82, 2.24) is 0 Å². The average molecular weight is 404 g/mol. The van der Waals surface area contributed by atoms with Gasteiger partial charge in [-0.2, -0.15) is 0 Å². The Bertz CT molecular complexity index is 879. The fourth-order valence-corrected chi connectivity index (χ4v) is 2.57. The SMILES string of the molecule is CC(=O)c1ccc(NC(=O)C(C)OC(=O)C(C)Oc2ccc(Cl)cc2C)cc1. The lowest BCUT2D eigenvalue weighted by molar-refractivity contribution is -0.159. The summed E-state index contributed by atoms with van der Waals surface area (Å²) in [6.07, 6.45) is -1.91. The number of ether oxygens (including phenoxy) is 2. The molecule has 0 aromatic heterocycles. The second kappa shape index (κ2) is 9.37. The number of hydrogen-bond donors (Lipinski definition) is 1. The Morgan fingerprint density at radius 1 is 1.00 bits per heavy atom. The number of amides is 1. The van der Waals surface area contributed by atoms with E-state index in [0.29, 0.717) is 22.0 Å². The standard InChI is InChI=1S/C21H22ClNO5/c1-12-11-17(22)7-10-19(12)27-15(4)21(26)28-14(3)20(25)23-18-8-5-16(6-9-18)13(2)24/h5-11,14-15H,1-4H3,(H,23,25). The summed E-state index contributed by atoms with van der Waals surface area (Å²) >= 11 is 5.90. The summed E-state index contributed by atoms with van der Waals surface area (Å²) in [6.45, 7) is 6.29. The summed E-state index contributed by atoms with van der Waals surface area (Å²) in [5.41, 5.74) is 1.83. The maximum Gasteiger partial charge on any atom is 0.347 e. The normalized spacial score (nSPS) is 12.6. The predicted molar refractivity (Wildman–Crippen MR) is 107 cm³/mol. The summed E-state index contributed by atoms with van der Waals surface area (Å²) in [5.74, 6) is -0.704. The number of rotatable bonds is 7. The Hall–Kier alpha value is -2.86. The van der Waals surface area contributed by atoms with Crippen molar-refractivity contribution in [3.05, 3.63) is 58.6 Å². The van der Waals surface area contributed by atoms with E-state index >= 15 is 0 Å². The summed E-state index contributed by atoms with van der Waals surface area (Å²) < 4.78 is 10.8. The fraction of sp³-hybridized carbons (Fsp3) is 0.286. The number of esters is 1. The van der Waals surface area contributed by atoms with E-state index in [0.717, 1.165) is 5.56 Å². The van der Waals surface area contributed by atoms with E-state index in [4.69, 9.17) is 21.1 Å². The van der Waals surface area contributed by atoms with Gasteiger partial charge in [-0.25, -0.2) is 4.79 Å². The van der Waals surface area contributed by atoms with Crippen molar-refractivity contribution in [2.75, 3.05) is 5.32 Å². The minimum atomic E-state index is -1.02. The van der Waals surface area contributed by atoms with Gasteiger partial charge in [-0.3, -0.25) is 9.59 Å². The number of anilines is 1. The second-order valence-electron chi connectivity index (χ2n) is 6.37. The van der Waals surface area contributed by atoms with Crippen LogP contribution in [-0.2, 0) is 14.3 Å². The molecule has 7 heteroatoms. The number of benzene rings is 2. The first kappa shape index (κ1) is 21.4. The maximum atomic E-state index is 12.2. The summed E-state index contributed by atoms with van der Waals surface area (Å²) in [6, 6.07) is 11.5. The Morgan fingerprint density at radius 2 is 1.64 bits per heavy atom. The molecule has 0 aliphatic rings. The van der Waals surface area contributed by atoms with Gasteiger partial charge in [0.15, 0.2) is 18.0 Å². The predicted octanol–water partition coefficient (Wildman–Crippen LogP) is 4.19. The van der Waals surface area contributed by atoms with Gasteiger partial charge < -0.3 is 14.8 Å². The third-order valence-electron chi connectivity index (χ3n) is 3.99. The van der Waals surface area contributed by atoms with E-state index in [1.165, 1.54) is 13.8 Å². The molecule has 2 unspecified atom stereocenters. The molecule has 0 aliphatic carbocycles. The molecule has 0 bridgehead atoms. The number of ketones is 1. The molecule has 6 nitrogen and oxygen atoms in total. The third kappa shape index (κ3) is 5.82. The van der Waals surface area contributed by atoms with Gasteiger partial charge in [-0.1, -0.05) is 11.6 Å². The molecule has 0 aliphatic heterocycles. The Labute approximate surface area is 168 Å². The number of hydrogen-bond acceptors (Lipinski definition) is 5. The third-order valence-corrected chi connectivity index (χ3v) is 4.23. The largest absolute Gasteiger partial charge is 0.479 e. The molecule has 0 saturated carbocycles. The van der Waals surface area contributed by atoms with E-state index < -0.39 is 24.1 Å². The number of halogens is 1. The van der Waals surface area contributed by atoms with Gasteiger partial charge in [0.25, 0.3) is 5.91 Å². The van der Waals surface area contributed by atoms with Gasteiger partial charge >= 0.3 is 5.97 Å². The lowest BCUT2D eigenvalue weighted by Crippen LogP contribution is -2.35. The van der Waals surface area contributed by atoms with Crippen molar-refractivity contribution in [3.63, 3.8) is 0 Å². The van der Waals surface area contributed by atoms with Gasteiger partial charge in [0, 0.05) is 16.3 Å². The molecular weight excluding hydrogens is 382 g/mol. The van der Waals surface area contributed by atoms with Crippen LogP contribution in [0.4, 0.5) is 5.69 Å². The van der Waals surface area contributed by atoms with Crippen LogP contribution < -0.4 is 10.1 Å². The second-order valence-corrected chi connectivity index (χ2v) is 6.81. The van der Waals surface area contributed by atoms with Gasteiger partial charge in [0.2, 0.25) is 0 Å². The van der Waals surface area contributed by atoms with Crippen LogP contribution in [0.5, 0.6) is 5.75 Å². The van der Waals surface area contributed by atoms with Gasteiger partial charge in [0.05, 0.1) is 0 Å². The number of nitrogens with one attached hydrogen (secondary N) is 1. The first-order valence-corrected chi connectivity index (χ1v) is 9.10. The summed E-state index contributed by atoms with van der Waals surface area (Å²) in [4.78, 5) is 35.7. The van der Waals surface area contributed by atoms with Crippen LogP contribution >= 0.6 is 11.6 Å². The molecule has 1 amide bonds. The minimum Gasteiger partial charge on any atom is -0.479 e. The molecule has 2 aromatic rings. The van der Waals surface area contributed by atoms with Crippen molar-refractivity contribution in [1.29, 1.82) is 0 Å². The Kier molecular flexibility index (Phi) is 7.18. The summed E-state index contributed by atoms with van der Waals surface area (Å²) in [5, 5.41) is 3.21. The zero-order valence-electron chi connectivity index (χ0n) is 16.1. The van der Waals surface area contributed by atoms with Crippen molar-refractivity contribution >= 4 is 34.9 Å². The highest BCUT2D eigenvalue weighted by Crippen LogP contribution is 2.23. The fourth-order valence-electron chi connectivity index (χ4n) is 2.34. The van der Waals surface area contributed by atoms with Gasteiger partial charge in [-0.05, 0) is 75.7 Å². The first-order chi connectivity index (χ1) is 13.2. The van der Waals surface area contributed by atoms with E-state index in [1.807, 2.05) is 6.92 Å². The van der Waals surface area contributed by atoms with Crippen molar-refractivity contribution in [3.8, 4) is 5.75 Å². The van der Waals surface area contributed by atoms with Crippen LogP contribution in [0.2, 0.25) is 5.02 Å². The van der Waals surface area contributed by atoms with Crippen LogP contribution in [0.25, 0.3) is 0 Å². The average Bonchev–Trinajstić information content (AvgIpc) is 2.64. The summed E-state index contributed by atoms with van der Waals surface area (Å²) in [7, 11) is 0. The van der Waals surface area contributed by atoms with Crippen LogP contribution in [0.1, 0.15) is 36.7 Å². The minimum absolute atomic E-state index is 0.0647. The number of Topliss-reactive ketones (excluding diaryl/α,β-unsaturated/α-hetero) is 1. The van der Waals surface area contributed by atoms with Crippen molar-refractivity contribution in [2.45, 2.75) is 39.9 Å². The highest BCUT2D eigenvalue weighted by Gasteiger charge is 2.23. The lowest BCUT2D eigenvalue weighted by Gasteiger charge is -2.18. The van der Waals surface area contributed by atoms with Crippen molar-refractivity contribution in [2.24, 2.45) is 0 Å². The number of carbonyl (C=O) groups excluding carboxylic acids is 3. The molecule has 148 valence electrons. The molecule has 0 heterocycles. The van der Waals surface area contributed by atoms with E-state index in [2.05, 4.69) is 5.32 Å². The maximum absolute atomic E-state index is 12.2. The number of aryl methyl sites for hydroxylation is 1. The highest BCUT2D eigenvalue weighted by molar-refractivity contribution is 6.30. The molecule has 28 heavy (non-hydrogen) atoms. The Morgan fingerprint density at radius 3 is 2.21 bits per heavy atom. The highest BCUT2D eigenvalue weighted by atomic mass is 35.5. The topological polar surface area (TPSA) is 81.7 Å². The van der Waals surface area contributed by atoms with E-state index in [1.54, 1.807) is 49.4 Å². The Balaban J connectivity index is 1.91. The van der Waals surface area contributed by atoms with Crippen LogP contribution in [0.15, 0.2) is 42.5 Å². The smallest absolute Gasteiger partial charge is 0.347 e. The van der Waals surface area contributed by atoms with Crippen LogP contribution in [0, 0.1) is 6.92 Å². The molecular formula is C21H22ClNO5. The lowest BCUT2D eigenvalue weighted by atomic mass is 10.1. The molecule has 2 rings (SSSR count). The molecule has 2 atom stereocenters. The van der Waals surface area contributed by atoms with Crippen molar-refractivity contribution < 1.29 is 23.9 Å². The van der Waals surface area contributed by atoms with Gasteiger partial charge in [-0.15, -0.1) is 0 Å². The molecule has 2 aromatic carbocycles. The molecule has 0 fully saturated rings. The zero-order valence-corrected chi connectivity index (χ0v) is 16.9. The van der Waals surface area contributed by atoms with E-state index in [-0.39, 0.29) is 5.78 Å². The quantitative estimate of drug-likeness (QED) is 0.553. The first-order valence-electron chi connectivity index (χ1n) is 8.72. The van der Waals surface area contributed by atoms with E-state index in [9.17, 15) is 14.4 Å².